The topological polar surface area (TPSA) is 86.3 Å². The summed E-state index contributed by atoms with van der Waals surface area (Å²) < 4.78 is 6.96. The van der Waals surface area contributed by atoms with Crippen LogP contribution < -0.4 is 5.73 Å². The fourth-order valence-corrected chi connectivity index (χ4v) is 2.27. The number of hydrogen-bond donors (Lipinski definition) is 1. The van der Waals surface area contributed by atoms with Gasteiger partial charge in [0.2, 0.25) is 5.95 Å². The molecule has 0 spiro atoms. The monoisotopic (exact) mass is 281 g/mol. The SMILES string of the molecule is Cn1nc(C2CCCN(C(=O)OC(C)(C)C)C2)nc1N. The number of nitrogens with two attached hydrogens (primary N) is 1. The van der Waals surface area contributed by atoms with Gasteiger partial charge in [-0.15, -0.1) is 0 Å². The van der Waals surface area contributed by atoms with Crippen LogP contribution in [0.15, 0.2) is 0 Å². The van der Waals surface area contributed by atoms with E-state index in [0.717, 1.165) is 12.8 Å². The fourth-order valence-electron chi connectivity index (χ4n) is 2.27. The minimum absolute atomic E-state index is 0.125. The Morgan fingerprint density at radius 3 is 2.70 bits per heavy atom. The average Bonchev–Trinajstić information content (AvgIpc) is 2.68. The normalized spacial score (nSPS) is 20.0. The van der Waals surface area contributed by atoms with Crippen molar-refractivity contribution >= 4 is 12.0 Å². The van der Waals surface area contributed by atoms with Crippen LogP contribution >= 0.6 is 0 Å². The Morgan fingerprint density at radius 2 is 2.15 bits per heavy atom. The lowest BCUT2D eigenvalue weighted by Gasteiger charge is -2.33. The number of aryl methyl sites for hydroxylation is 1. The van der Waals surface area contributed by atoms with Crippen molar-refractivity contribution in [2.24, 2.45) is 7.05 Å². The number of piperidine rings is 1. The van der Waals surface area contributed by atoms with Crippen molar-refractivity contribution < 1.29 is 9.53 Å². The van der Waals surface area contributed by atoms with Crippen LogP contribution in [0.3, 0.4) is 0 Å². The van der Waals surface area contributed by atoms with Gasteiger partial charge in [-0.05, 0) is 33.6 Å². The molecule has 7 nitrogen and oxygen atoms in total. The first kappa shape index (κ1) is 14.6. The third kappa shape index (κ3) is 3.40. The van der Waals surface area contributed by atoms with Crippen LogP contribution in [0.2, 0.25) is 0 Å². The van der Waals surface area contributed by atoms with Gasteiger partial charge >= 0.3 is 6.09 Å². The maximum atomic E-state index is 12.1. The number of amides is 1. The van der Waals surface area contributed by atoms with E-state index < -0.39 is 5.60 Å². The molecule has 2 N–H and O–H groups in total. The summed E-state index contributed by atoms with van der Waals surface area (Å²) in [7, 11) is 1.76. The average molecular weight is 281 g/mol. The Labute approximate surface area is 119 Å². The number of anilines is 1. The Kier molecular flexibility index (Phi) is 3.87. The Hall–Kier alpha value is -1.79. The number of hydrogen-bond acceptors (Lipinski definition) is 5. The molecule has 1 atom stereocenters. The molecule has 1 amide bonds. The maximum absolute atomic E-state index is 12.1. The number of nitrogens with zero attached hydrogens (tertiary/aromatic N) is 4. The van der Waals surface area contributed by atoms with E-state index in [1.54, 1.807) is 16.6 Å². The number of rotatable bonds is 1. The first-order chi connectivity index (χ1) is 9.26. The van der Waals surface area contributed by atoms with Crippen molar-refractivity contribution in [2.75, 3.05) is 18.8 Å². The fraction of sp³-hybridized carbons (Fsp3) is 0.769. The van der Waals surface area contributed by atoms with Crippen LogP contribution in [0.1, 0.15) is 45.4 Å². The number of aromatic nitrogens is 3. The zero-order valence-corrected chi connectivity index (χ0v) is 12.6. The molecule has 2 heterocycles. The Balaban J connectivity index is 2.03. The number of likely N-dealkylation sites (tertiary alicyclic amines) is 1. The maximum Gasteiger partial charge on any atom is 0.410 e. The molecule has 1 aliphatic heterocycles. The lowest BCUT2D eigenvalue weighted by atomic mass is 9.98. The van der Waals surface area contributed by atoms with E-state index in [-0.39, 0.29) is 12.0 Å². The second-order valence-corrected chi connectivity index (χ2v) is 6.22. The molecule has 2 rings (SSSR count). The minimum Gasteiger partial charge on any atom is -0.444 e. The van der Waals surface area contributed by atoms with Gasteiger partial charge in [0.1, 0.15) is 5.60 Å². The quantitative estimate of drug-likeness (QED) is 0.843. The van der Waals surface area contributed by atoms with Crippen molar-refractivity contribution in [1.82, 2.24) is 19.7 Å². The summed E-state index contributed by atoms with van der Waals surface area (Å²) in [6.07, 6.45) is 1.61. The van der Waals surface area contributed by atoms with E-state index in [1.165, 1.54) is 0 Å². The van der Waals surface area contributed by atoms with Crippen LogP contribution in [0.25, 0.3) is 0 Å². The second kappa shape index (κ2) is 5.30. The first-order valence-corrected chi connectivity index (χ1v) is 6.90. The Morgan fingerprint density at radius 1 is 1.45 bits per heavy atom. The van der Waals surface area contributed by atoms with Crippen LogP contribution in [0, 0.1) is 0 Å². The van der Waals surface area contributed by atoms with Gasteiger partial charge in [0, 0.05) is 26.1 Å². The number of carbonyl (C=O) groups is 1. The number of carbonyl (C=O) groups excluding carboxylic acids is 1. The molecule has 7 heteroatoms. The molecule has 1 aromatic rings. The van der Waals surface area contributed by atoms with Crippen molar-refractivity contribution in [2.45, 2.75) is 45.1 Å². The van der Waals surface area contributed by atoms with Crippen molar-refractivity contribution in [1.29, 1.82) is 0 Å². The summed E-state index contributed by atoms with van der Waals surface area (Å²) in [5.74, 6) is 1.23. The smallest absolute Gasteiger partial charge is 0.410 e. The lowest BCUT2D eigenvalue weighted by molar-refractivity contribution is 0.0196. The standard InChI is InChI=1S/C13H23N5O2/c1-13(2,3)20-12(19)18-7-5-6-9(8-18)10-15-11(14)17(4)16-10/h9H,5-8H2,1-4H3,(H2,14,15,16). The second-order valence-electron chi connectivity index (χ2n) is 6.22. The van der Waals surface area contributed by atoms with Crippen molar-refractivity contribution in [3.8, 4) is 0 Å². The predicted octanol–water partition coefficient (Wildman–Crippen LogP) is 1.51. The van der Waals surface area contributed by atoms with E-state index in [2.05, 4.69) is 10.1 Å². The molecule has 1 fully saturated rings. The summed E-state index contributed by atoms with van der Waals surface area (Å²) in [4.78, 5) is 18.1. The van der Waals surface area contributed by atoms with E-state index >= 15 is 0 Å². The molecule has 0 bridgehead atoms. The van der Waals surface area contributed by atoms with Crippen LogP contribution in [-0.4, -0.2) is 44.4 Å². The van der Waals surface area contributed by atoms with Crippen molar-refractivity contribution in [3.63, 3.8) is 0 Å². The molecule has 1 saturated heterocycles. The van der Waals surface area contributed by atoms with Crippen LogP contribution in [0.5, 0.6) is 0 Å². The summed E-state index contributed by atoms with van der Waals surface area (Å²) >= 11 is 0. The molecule has 0 saturated carbocycles. The molecule has 1 aromatic heterocycles. The largest absolute Gasteiger partial charge is 0.444 e. The highest BCUT2D eigenvalue weighted by Crippen LogP contribution is 2.26. The minimum atomic E-state index is -0.475. The van der Waals surface area contributed by atoms with Gasteiger partial charge in [-0.25, -0.2) is 9.48 Å². The predicted molar refractivity (Wildman–Crippen MR) is 75.2 cm³/mol. The van der Waals surface area contributed by atoms with E-state index in [1.807, 2.05) is 20.8 Å². The zero-order chi connectivity index (χ0) is 14.9. The lowest BCUT2D eigenvalue weighted by Crippen LogP contribution is -2.42. The Bertz CT molecular complexity index is 472. The number of ether oxygens (including phenoxy) is 1. The molecule has 0 aromatic carbocycles. The molecule has 0 radical (unpaired) electrons. The highest BCUT2D eigenvalue weighted by molar-refractivity contribution is 5.68. The molecular formula is C13H23N5O2. The van der Waals surface area contributed by atoms with Gasteiger partial charge in [-0.2, -0.15) is 10.1 Å². The molecule has 20 heavy (non-hydrogen) atoms. The first-order valence-electron chi connectivity index (χ1n) is 6.90. The van der Waals surface area contributed by atoms with Gasteiger partial charge in [0.15, 0.2) is 5.82 Å². The van der Waals surface area contributed by atoms with Gasteiger partial charge in [0.25, 0.3) is 0 Å². The van der Waals surface area contributed by atoms with E-state index in [9.17, 15) is 4.79 Å². The summed E-state index contributed by atoms with van der Waals surface area (Å²) in [5, 5.41) is 4.30. The van der Waals surface area contributed by atoms with Gasteiger partial charge in [-0.3, -0.25) is 0 Å². The molecule has 1 unspecified atom stereocenters. The summed E-state index contributed by atoms with van der Waals surface area (Å²) in [5.41, 5.74) is 5.23. The van der Waals surface area contributed by atoms with Crippen molar-refractivity contribution in [3.05, 3.63) is 5.82 Å². The van der Waals surface area contributed by atoms with E-state index in [0.29, 0.717) is 24.9 Å². The highest BCUT2D eigenvalue weighted by Gasteiger charge is 2.30. The molecule has 1 aliphatic rings. The highest BCUT2D eigenvalue weighted by atomic mass is 16.6. The van der Waals surface area contributed by atoms with Crippen LogP contribution in [0.4, 0.5) is 10.7 Å². The molecule has 112 valence electrons. The van der Waals surface area contributed by atoms with E-state index in [4.69, 9.17) is 10.5 Å². The third-order valence-corrected chi connectivity index (χ3v) is 3.25. The van der Waals surface area contributed by atoms with Gasteiger partial charge in [-0.1, -0.05) is 0 Å². The third-order valence-electron chi connectivity index (χ3n) is 3.25. The zero-order valence-electron chi connectivity index (χ0n) is 12.6. The molecular weight excluding hydrogens is 258 g/mol. The summed E-state index contributed by atoms with van der Waals surface area (Å²) in [6, 6.07) is 0. The number of nitrogen functional groups attached to an aromatic ring is 1. The summed E-state index contributed by atoms with van der Waals surface area (Å²) in [6.45, 7) is 6.90. The van der Waals surface area contributed by atoms with Gasteiger partial charge in [0.05, 0.1) is 0 Å². The van der Waals surface area contributed by atoms with Gasteiger partial charge < -0.3 is 15.4 Å². The molecule has 0 aliphatic carbocycles. The van der Waals surface area contributed by atoms with Crippen LogP contribution in [-0.2, 0) is 11.8 Å².